The van der Waals surface area contributed by atoms with Gasteiger partial charge in [-0.15, -0.1) is 0 Å². The van der Waals surface area contributed by atoms with E-state index in [0.717, 1.165) is 5.56 Å². The number of hydrogen-bond acceptors (Lipinski definition) is 6. The Balaban J connectivity index is 2.06. The minimum Gasteiger partial charge on any atom is -0.497 e. The molecule has 0 saturated carbocycles. The number of nitrogens with one attached hydrogen (secondary N) is 1. The van der Waals surface area contributed by atoms with Crippen molar-refractivity contribution in [2.75, 3.05) is 20.8 Å². The molecule has 2 aliphatic heterocycles. The Bertz CT molecular complexity index is 717. The molecule has 134 valence electrons. The van der Waals surface area contributed by atoms with E-state index in [-0.39, 0.29) is 18.4 Å². The van der Waals surface area contributed by atoms with Crippen LogP contribution in [0, 0.1) is 11.8 Å². The molecule has 0 aliphatic carbocycles. The molecule has 0 spiro atoms. The number of fused-ring (bicyclic) bond motifs is 1. The van der Waals surface area contributed by atoms with Crippen LogP contribution >= 0.6 is 0 Å². The molecule has 0 radical (unpaired) electrons. The molecule has 0 bridgehead atoms. The second-order valence-corrected chi connectivity index (χ2v) is 6.51. The normalized spacial score (nSPS) is 31.2. The zero-order valence-electron chi connectivity index (χ0n) is 14.7. The minimum absolute atomic E-state index is 0.251. The van der Waals surface area contributed by atoms with Crippen molar-refractivity contribution in [3.63, 3.8) is 0 Å². The lowest BCUT2D eigenvalue weighted by molar-refractivity contribution is -0.153. The van der Waals surface area contributed by atoms with Gasteiger partial charge in [0.05, 0.1) is 26.1 Å². The fourth-order valence-corrected chi connectivity index (χ4v) is 4.01. The topological polar surface area (TPSA) is 84.9 Å². The summed E-state index contributed by atoms with van der Waals surface area (Å²) in [6, 6.07) is 6.80. The van der Waals surface area contributed by atoms with Crippen LogP contribution in [0.2, 0.25) is 0 Å². The first-order chi connectivity index (χ1) is 11.9. The number of amides is 2. The molecular weight excluding hydrogens is 324 g/mol. The monoisotopic (exact) mass is 346 g/mol. The van der Waals surface area contributed by atoms with Gasteiger partial charge in [-0.05, 0) is 31.5 Å². The van der Waals surface area contributed by atoms with Crippen LogP contribution < -0.4 is 10.1 Å². The molecule has 1 aromatic rings. The van der Waals surface area contributed by atoms with Crippen molar-refractivity contribution in [2.24, 2.45) is 11.8 Å². The smallest absolute Gasteiger partial charge is 0.326 e. The zero-order chi connectivity index (χ0) is 18.4. The minimum atomic E-state index is -1.25. The molecule has 0 aromatic heterocycles. The Kier molecular flexibility index (Phi) is 4.28. The van der Waals surface area contributed by atoms with Crippen LogP contribution in [-0.4, -0.2) is 49.0 Å². The van der Waals surface area contributed by atoms with E-state index in [0.29, 0.717) is 5.75 Å². The van der Waals surface area contributed by atoms with Crippen LogP contribution in [0.25, 0.3) is 0 Å². The number of imide groups is 1. The lowest BCUT2D eigenvalue weighted by Crippen LogP contribution is -2.53. The van der Waals surface area contributed by atoms with E-state index < -0.39 is 29.4 Å². The molecule has 1 aromatic carbocycles. The Morgan fingerprint density at radius 1 is 1.20 bits per heavy atom. The van der Waals surface area contributed by atoms with Crippen LogP contribution in [0.4, 0.5) is 0 Å². The van der Waals surface area contributed by atoms with Crippen LogP contribution in [0.5, 0.6) is 5.75 Å². The first-order valence-electron chi connectivity index (χ1n) is 8.24. The third kappa shape index (κ3) is 2.41. The van der Waals surface area contributed by atoms with Crippen molar-refractivity contribution >= 4 is 17.8 Å². The van der Waals surface area contributed by atoms with Crippen molar-refractivity contribution in [2.45, 2.75) is 25.4 Å². The Morgan fingerprint density at radius 2 is 1.84 bits per heavy atom. The van der Waals surface area contributed by atoms with Gasteiger partial charge in [0, 0.05) is 12.6 Å². The number of carbonyl (C=O) groups excluding carboxylic acids is 3. The summed E-state index contributed by atoms with van der Waals surface area (Å²) < 4.78 is 10.1. The van der Waals surface area contributed by atoms with Gasteiger partial charge < -0.3 is 9.47 Å². The number of nitrogens with zero attached hydrogens (tertiary/aromatic N) is 1. The first-order valence-corrected chi connectivity index (χ1v) is 8.24. The molecule has 2 fully saturated rings. The molecule has 2 saturated heterocycles. The number of methoxy groups -OCH3 is 2. The fourth-order valence-electron chi connectivity index (χ4n) is 4.01. The Morgan fingerprint density at radius 3 is 2.36 bits per heavy atom. The maximum Gasteiger partial charge on any atom is 0.326 e. The van der Waals surface area contributed by atoms with E-state index in [1.807, 2.05) is 12.1 Å². The van der Waals surface area contributed by atoms with Gasteiger partial charge in [0.15, 0.2) is 0 Å². The van der Waals surface area contributed by atoms with Crippen molar-refractivity contribution in [1.29, 1.82) is 0 Å². The van der Waals surface area contributed by atoms with E-state index in [2.05, 4.69) is 5.32 Å². The SMILES string of the molecule is CCN1C(=O)[C@@H]2[C@@H](C1=O)[C@](C)(C(=O)OC)N[C@H]2c1ccc(OC)cc1. The summed E-state index contributed by atoms with van der Waals surface area (Å²) in [5.74, 6) is -1.84. The van der Waals surface area contributed by atoms with Gasteiger partial charge >= 0.3 is 5.97 Å². The molecular formula is C18H22N2O5. The number of rotatable bonds is 4. The second-order valence-electron chi connectivity index (χ2n) is 6.51. The summed E-state index contributed by atoms with van der Waals surface area (Å²) in [5.41, 5.74) is -0.428. The summed E-state index contributed by atoms with van der Waals surface area (Å²) in [4.78, 5) is 39.2. The van der Waals surface area contributed by atoms with Gasteiger partial charge in [0.1, 0.15) is 11.3 Å². The average Bonchev–Trinajstić information content (AvgIpc) is 3.08. The number of carbonyl (C=O) groups is 3. The number of hydrogen-bond donors (Lipinski definition) is 1. The molecule has 2 aliphatic rings. The summed E-state index contributed by atoms with van der Waals surface area (Å²) in [6.07, 6.45) is 0. The quantitative estimate of drug-likeness (QED) is 0.644. The van der Waals surface area contributed by atoms with Crippen LogP contribution in [0.1, 0.15) is 25.5 Å². The molecule has 4 atom stereocenters. The van der Waals surface area contributed by atoms with Crippen LogP contribution in [0.3, 0.4) is 0 Å². The maximum absolute atomic E-state index is 12.8. The van der Waals surface area contributed by atoms with Gasteiger partial charge in [-0.1, -0.05) is 12.1 Å². The van der Waals surface area contributed by atoms with E-state index in [1.165, 1.54) is 12.0 Å². The fraction of sp³-hybridized carbons (Fsp3) is 0.500. The highest BCUT2D eigenvalue weighted by atomic mass is 16.5. The molecule has 25 heavy (non-hydrogen) atoms. The largest absolute Gasteiger partial charge is 0.497 e. The summed E-state index contributed by atoms with van der Waals surface area (Å²) in [6.45, 7) is 3.67. The first kappa shape index (κ1) is 17.4. The standard InChI is InChI=1S/C18H22N2O5/c1-5-20-15(21)12-13(16(20)22)18(2,17(23)25-4)19-14(12)10-6-8-11(24-3)9-7-10/h6-9,12-14,19H,5H2,1-4H3/t12-,13+,14+,18-/m1/s1. The van der Waals surface area contributed by atoms with Gasteiger partial charge in [0.2, 0.25) is 11.8 Å². The van der Waals surface area contributed by atoms with E-state index in [4.69, 9.17) is 9.47 Å². The predicted molar refractivity (Wildman–Crippen MR) is 88.7 cm³/mol. The van der Waals surface area contributed by atoms with Crippen molar-refractivity contribution in [1.82, 2.24) is 10.2 Å². The summed E-state index contributed by atoms with van der Waals surface area (Å²) in [5, 5.41) is 3.20. The molecule has 7 heteroatoms. The number of benzene rings is 1. The average molecular weight is 346 g/mol. The molecule has 0 unspecified atom stereocenters. The van der Waals surface area contributed by atoms with Gasteiger partial charge in [0.25, 0.3) is 0 Å². The van der Waals surface area contributed by atoms with Gasteiger partial charge in [-0.3, -0.25) is 24.6 Å². The van der Waals surface area contributed by atoms with Crippen LogP contribution in [-0.2, 0) is 19.1 Å². The maximum atomic E-state index is 12.8. The second kappa shape index (κ2) is 6.15. The lowest BCUT2D eigenvalue weighted by Gasteiger charge is -2.28. The lowest BCUT2D eigenvalue weighted by atomic mass is 9.80. The third-order valence-corrected chi connectivity index (χ3v) is 5.28. The Hall–Kier alpha value is -2.41. The number of ether oxygens (including phenoxy) is 2. The summed E-state index contributed by atoms with van der Waals surface area (Å²) in [7, 11) is 2.86. The summed E-state index contributed by atoms with van der Waals surface area (Å²) >= 11 is 0. The predicted octanol–water partition coefficient (Wildman–Crippen LogP) is 0.892. The van der Waals surface area contributed by atoms with Crippen LogP contribution in [0.15, 0.2) is 24.3 Å². The Labute approximate surface area is 146 Å². The van der Waals surface area contributed by atoms with E-state index in [1.54, 1.807) is 33.1 Å². The van der Waals surface area contributed by atoms with E-state index >= 15 is 0 Å². The third-order valence-electron chi connectivity index (χ3n) is 5.28. The molecule has 2 amide bonds. The van der Waals surface area contributed by atoms with Crippen molar-refractivity contribution in [3.05, 3.63) is 29.8 Å². The molecule has 1 N–H and O–H groups in total. The molecule has 2 heterocycles. The number of esters is 1. The highest BCUT2D eigenvalue weighted by Gasteiger charge is 2.66. The number of likely N-dealkylation sites (tertiary alicyclic amines) is 1. The van der Waals surface area contributed by atoms with Gasteiger partial charge in [-0.2, -0.15) is 0 Å². The van der Waals surface area contributed by atoms with Crippen molar-refractivity contribution < 1.29 is 23.9 Å². The zero-order valence-corrected chi connectivity index (χ0v) is 14.7. The molecule has 7 nitrogen and oxygen atoms in total. The highest BCUT2D eigenvalue weighted by molar-refractivity contribution is 6.09. The van der Waals surface area contributed by atoms with Gasteiger partial charge in [-0.25, -0.2) is 0 Å². The van der Waals surface area contributed by atoms with Crippen molar-refractivity contribution in [3.8, 4) is 5.75 Å². The highest BCUT2D eigenvalue weighted by Crippen LogP contribution is 2.48. The van der Waals surface area contributed by atoms with E-state index in [9.17, 15) is 14.4 Å². The molecule has 3 rings (SSSR count).